The van der Waals surface area contributed by atoms with Crippen LogP contribution in [-0.4, -0.2) is 38.4 Å². The molecule has 1 atom stereocenters. The molecule has 1 fully saturated rings. The Morgan fingerprint density at radius 3 is 2.56 bits per heavy atom. The number of piperazine rings is 1. The number of nitrogens with zero attached hydrogens (tertiary/aromatic N) is 3. The number of halogens is 3. The molecule has 1 aliphatic rings. The maximum absolute atomic E-state index is 13.4. The fraction of sp³-hybridized carbons (Fsp3) is 0.353. The van der Waals surface area contributed by atoms with E-state index in [1.807, 2.05) is 0 Å². The quantitative estimate of drug-likeness (QED) is 0.769. The van der Waals surface area contributed by atoms with E-state index in [9.17, 15) is 21.6 Å². The van der Waals surface area contributed by atoms with E-state index in [2.05, 4.69) is 0 Å². The highest BCUT2D eigenvalue weighted by Gasteiger charge is 2.39. The van der Waals surface area contributed by atoms with Crippen LogP contribution in [0.4, 0.5) is 18.9 Å². The fourth-order valence-corrected chi connectivity index (χ4v) is 5.88. The number of rotatable bonds is 3. The second kappa shape index (κ2) is 7.14. The second-order valence-electron chi connectivity index (χ2n) is 6.18. The van der Waals surface area contributed by atoms with Gasteiger partial charge in [-0.15, -0.1) is 11.3 Å². The van der Waals surface area contributed by atoms with E-state index in [-0.39, 0.29) is 35.1 Å². The van der Waals surface area contributed by atoms with Crippen LogP contribution in [0, 0.1) is 11.3 Å². The summed E-state index contributed by atoms with van der Waals surface area (Å²) in [6.07, 6.45) is -4.61. The van der Waals surface area contributed by atoms with Crippen molar-refractivity contribution in [2.75, 3.05) is 24.5 Å². The van der Waals surface area contributed by atoms with E-state index in [0.717, 1.165) is 17.4 Å². The molecular formula is C17H16F3N3O2S2. The van der Waals surface area contributed by atoms with Gasteiger partial charge in [-0.1, -0.05) is 6.07 Å². The summed E-state index contributed by atoms with van der Waals surface area (Å²) < 4.78 is 67.3. The zero-order chi connectivity index (χ0) is 19.8. The predicted molar refractivity (Wildman–Crippen MR) is 96.0 cm³/mol. The Balaban J connectivity index is 1.88. The Morgan fingerprint density at radius 2 is 2.00 bits per heavy atom. The molecule has 1 aliphatic heterocycles. The maximum Gasteiger partial charge on any atom is 0.418 e. The van der Waals surface area contributed by atoms with E-state index in [1.54, 1.807) is 24.4 Å². The van der Waals surface area contributed by atoms with Gasteiger partial charge < -0.3 is 4.90 Å². The second-order valence-corrected chi connectivity index (χ2v) is 9.25. The van der Waals surface area contributed by atoms with E-state index < -0.39 is 27.8 Å². The summed E-state index contributed by atoms with van der Waals surface area (Å²) in [5.41, 5.74) is -0.997. The molecule has 0 N–H and O–H groups in total. The summed E-state index contributed by atoms with van der Waals surface area (Å²) in [6, 6.07) is 7.82. The number of alkyl halides is 3. The van der Waals surface area contributed by atoms with Crippen molar-refractivity contribution >= 4 is 27.0 Å². The third kappa shape index (κ3) is 3.81. The summed E-state index contributed by atoms with van der Waals surface area (Å²) in [7, 11) is -3.66. The van der Waals surface area contributed by atoms with Gasteiger partial charge in [0.2, 0.25) is 0 Å². The Bertz CT molecular complexity index is 966. The minimum absolute atomic E-state index is 0.0403. The third-order valence-electron chi connectivity index (χ3n) is 4.40. The van der Waals surface area contributed by atoms with E-state index in [1.165, 1.54) is 27.4 Å². The van der Waals surface area contributed by atoms with Crippen LogP contribution in [0.25, 0.3) is 0 Å². The van der Waals surface area contributed by atoms with Crippen molar-refractivity contribution in [1.82, 2.24) is 4.31 Å². The van der Waals surface area contributed by atoms with Crippen LogP contribution in [0.5, 0.6) is 0 Å². The molecule has 5 nitrogen and oxygen atoms in total. The highest BCUT2D eigenvalue weighted by atomic mass is 32.2. The molecule has 2 heterocycles. The van der Waals surface area contributed by atoms with Crippen LogP contribution in [0.15, 0.2) is 39.9 Å². The molecule has 0 aliphatic carbocycles. The van der Waals surface area contributed by atoms with Gasteiger partial charge in [0.1, 0.15) is 4.21 Å². The summed E-state index contributed by atoms with van der Waals surface area (Å²) in [6.45, 7) is 2.01. The Labute approximate surface area is 159 Å². The largest absolute Gasteiger partial charge is 0.418 e. The first-order valence-corrected chi connectivity index (χ1v) is 10.4. The molecule has 27 heavy (non-hydrogen) atoms. The molecule has 1 saturated heterocycles. The lowest BCUT2D eigenvalue weighted by molar-refractivity contribution is -0.137. The molecule has 3 rings (SSSR count). The molecule has 1 unspecified atom stereocenters. The monoisotopic (exact) mass is 415 g/mol. The molecule has 0 radical (unpaired) electrons. The molecule has 10 heteroatoms. The first-order valence-electron chi connectivity index (χ1n) is 8.06. The normalized spacial score (nSPS) is 19.1. The molecule has 1 aromatic carbocycles. The van der Waals surface area contributed by atoms with Crippen molar-refractivity contribution in [2.45, 2.75) is 23.4 Å². The number of hydrogen-bond donors (Lipinski definition) is 0. The molecular weight excluding hydrogens is 399 g/mol. The molecule has 0 spiro atoms. The van der Waals surface area contributed by atoms with Gasteiger partial charge in [-0.05, 0) is 36.6 Å². The lowest BCUT2D eigenvalue weighted by Crippen LogP contribution is -2.54. The average Bonchev–Trinajstić information content (AvgIpc) is 3.15. The minimum Gasteiger partial charge on any atom is -0.368 e. The van der Waals surface area contributed by atoms with Gasteiger partial charge in [-0.25, -0.2) is 8.42 Å². The van der Waals surface area contributed by atoms with Gasteiger partial charge in [0, 0.05) is 31.4 Å². The van der Waals surface area contributed by atoms with Crippen molar-refractivity contribution in [3.63, 3.8) is 0 Å². The van der Waals surface area contributed by atoms with Gasteiger partial charge in [0.15, 0.2) is 0 Å². The maximum atomic E-state index is 13.4. The van der Waals surface area contributed by atoms with Crippen LogP contribution >= 0.6 is 11.3 Å². The topological polar surface area (TPSA) is 64.4 Å². The smallest absolute Gasteiger partial charge is 0.368 e. The van der Waals surface area contributed by atoms with Crippen molar-refractivity contribution < 1.29 is 21.6 Å². The fourth-order valence-electron chi connectivity index (χ4n) is 3.15. The lowest BCUT2D eigenvalue weighted by atomic mass is 10.1. The van der Waals surface area contributed by atoms with Crippen LogP contribution in [0.3, 0.4) is 0 Å². The predicted octanol–water partition coefficient (Wildman–Crippen LogP) is 3.54. The zero-order valence-corrected chi connectivity index (χ0v) is 15.9. The number of benzene rings is 1. The third-order valence-corrected chi connectivity index (χ3v) is 7.78. The summed E-state index contributed by atoms with van der Waals surface area (Å²) in [4.78, 5) is 1.52. The van der Waals surface area contributed by atoms with Crippen LogP contribution in [0.1, 0.15) is 18.1 Å². The summed E-state index contributed by atoms with van der Waals surface area (Å²) in [5, 5.41) is 10.5. The molecule has 0 amide bonds. The van der Waals surface area contributed by atoms with Gasteiger partial charge in [-0.2, -0.15) is 22.7 Å². The molecule has 0 saturated carbocycles. The first-order chi connectivity index (χ1) is 12.6. The van der Waals surface area contributed by atoms with E-state index in [4.69, 9.17) is 5.26 Å². The van der Waals surface area contributed by atoms with Crippen molar-refractivity contribution in [3.05, 3.63) is 46.8 Å². The minimum atomic E-state index is -4.61. The number of sulfonamides is 1. The number of anilines is 1. The lowest BCUT2D eigenvalue weighted by Gasteiger charge is -2.40. The van der Waals surface area contributed by atoms with Crippen molar-refractivity contribution in [2.24, 2.45) is 0 Å². The van der Waals surface area contributed by atoms with E-state index >= 15 is 0 Å². The highest BCUT2D eigenvalue weighted by Crippen LogP contribution is 2.38. The van der Waals surface area contributed by atoms with Gasteiger partial charge in [0.05, 0.1) is 17.2 Å². The number of nitriles is 1. The van der Waals surface area contributed by atoms with E-state index in [0.29, 0.717) is 0 Å². The van der Waals surface area contributed by atoms with Gasteiger partial charge in [-0.3, -0.25) is 0 Å². The SMILES string of the molecule is CC1CN(c2ccc(C#N)cc2C(F)(F)F)CCN1S(=O)(=O)c1cccs1. The van der Waals surface area contributed by atoms with Crippen LogP contribution in [-0.2, 0) is 16.2 Å². The van der Waals surface area contributed by atoms with Crippen molar-refractivity contribution in [1.29, 1.82) is 5.26 Å². The standard InChI is InChI=1S/C17H16F3N3O2S2/c1-12-11-22(6-7-23(12)27(24,25)16-3-2-8-26-16)15-5-4-13(10-21)9-14(15)17(18,19)20/h2-5,8-9,12H,6-7,11H2,1H3. The van der Waals surface area contributed by atoms with Gasteiger partial charge >= 0.3 is 6.18 Å². The Kier molecular flexibility index (Phi) is 5.20. The summed E-state index contributed by atoms with van der Waals surface area (Å²) in [5.74, 6) is 0. The van der Waals surface area contributed by atoms with Crippen LogP contribution in [0.2, 0.25) is 0 Å². The molecule has 2 aromatic rings. The van der Waals surface area contributed by atoms with Crippen molar-refractivity contribution in [3.8, 4) is 6.07 Å². The number of thiophene rings is 1. The molecule has 0 bridgehead atoms. The Morgan fingerprint density at radius 1 is 1.26 bits per heavy atom. The zero-order valence-electron chi connectivity index (χ0n) is 14.3. The Hall–Kier alpha value is -2.09. The number of hydrogen-bond acceptors (Lipinski definition) is 5. The molecule has 1 aromatic heterocycles. The summed E-state index contributed by atoms with van der Waals surface area (Å²) >= 11 is 1.11. The van der Waals surface area contributed by atoms with Gasteiger partial charge in [0.25, 0.3) is 10.0 Å². The average molecular weight is 415 g/mol. The first kappa shape index (κ1) is 19.7. The molecule has 144 valence electrons. The highest BCUT2D eigenvalue weighted by molar-refractivity contribution is 7.91. The van der Waals surface area contributed by atoms with Crippen LogP contribution < -0.4 is 4.90 Å².